The molecule has 3 N–H and O–H groups in total. The zero-order valence-corrected chi connectivity index (χ0v) is 13.4. The molecule has 0 aromatic heterocycles. The first-order valence-corrected chi connectivity index (χ1v) is 7.48. The van der Waals surface area contributed by atoms with E-state index in [1.807, 2.05) is 39.5 Å². The molecule has 0 aromatic carbocycles. The van der Waals surface area contributed by atoms with Gasteiger partial charge in [-0.15, -0.1) is 0 Å². The van der Waals surface area contributed by atoms with Gasteiger partial charge in [0.05, 0.1) is 0 Å². The second-order valence-corrected chi connectivity index (χ2v) is 6.97. The molecule has 2 amide bonds. The van der Waals surface area contributed by atoms with E-state index in [1.165, 1.54) is 0 Å². The molecule has 2 atom stereocenters. The van der Waals surface area contributed by atoms with Gasteiger partial charge in [0.25, 0.3) is 0 Å². The van der Waals surface area contributed by atoms with Crippen LogP contribution in [-0.4, -0.2) is 41.9 Å². The summed E-state index contributed by atoms with van der Waals surface area (Å²) in [6, 6.07) is 0.0188. The monoisotopic (exact) mass is 283 g/mol. The SMILES string of the molecule is CC(N)C(C)C(=O)NC1CCN(C(=O)C(C)(C)C)CC1. The van der Waals surface area contributed by atoms with Crippen molar-refractivity contribution < 1.29 is 9.59 Å². The normalized spacial score (nSPS) is 20.4. The van der Waals surface area contributed by atoms with Crippen LogP contribution in [0.1, 0.15) is 47.5 Å². The number of rotatable bonds is 3. The Morgan fingerprint density at radius 3 is 2.10 bits per heavy atom. The summed E-state index contributed by atoms with van der Waals surface area (Å²) < 4.78 is 0. The third-order valence-electron chi connectivity index (χ3n) is 3.97. The van der Waals surface area contributed by atoms with Crippen molar-refractivity contribution in [3.05, 3.63) is 0 Å². The van der Waals surface area contributed by atoms with Gasteiger partial charge in [-0.25, -0.2) is 0 Å². The molecule has 5 nitrogen and oxygen atoms in total. The van der Waals surface area contributed by atoms with Crippen LogP contribution >= 0.6 is 0 Å². The van der Waals surface area contributed by atoms with E-state index in [2.05, 4.69) is 5.32 Å². The van der Waals surface area contributed by atoms with E-state index in [-0.39, 0.29) is 35.2 Å². The lowest BCUT2D eigenvalue weighted by Gasteiger charge is -2.36. The van der Waals surface area contributed by atoms with E-state index in [0.717, 1.165) is 12.8 Å². The number of nitrogens with zero attached hydrogens (tertiary/aromatic N) is 1. The standard InChI is InChI=1S/C15H29N3O2/c1-10(11(2)16)13(19)17-12-6-8-18(9-7-12)14(20)15(3,4)5/h10-12H,6-9,16H2,1-5H3,(H,17,19). The van der Waals surface area contributed by atoms with Crippen molar-refractivity contribution in [1.82, 2.24) is 10.2 Å². The van der Waals surface area contributed by atoms with Gasteiger partial charge in [0.15, 0.2) is 0 Å². The van der Waals surface area contributed by atoms with Crippen molar-refractivity contribution in [2.45, 2.75) is 59.5 Å². The maximum Gasteiger partial charge on any atom is 0.227 e. The van der Waals surface area contributed by atoms with Gasteiger partial charge in [-0.2, -0.15) is 0 Å². The van der Waals surface area contributed by atoms with Crippen LogP contribution in [0.2, 0.25) is 0 Å². The molecule has 1 aliphatic rings. The zero-order chi connectivity index (χ0) is 15.5. The molecule has 1 saturated heterocycles. The molecule has 1 heterocycles. The summed E-state index contributed by atoms with van der Waals surface area (Å²) in [4.78, 5) is 26.0. The molecule has 0 aliphatic carbocycles. The molecule has 1 aliphatic heterocycles. The molecule has 1 fully saturated rings. The Balaban J connectivity index is 2.43. The predicted octanol–water partition coefficient (Wildman–Crippen LogP) is 1.12. The fraction of sp³-hybridized carbons (Fsp3) is 0.867. The van der Waals surface area contributed by atoms with Crippen molar-refractivity contribution in [2.75, 3.05) is 13.1 Å². The van der Waals surface area contributed by atoms with E-state index in [1.54, 1.807) is 0 Å². The van der Waals surface area contributed by atoms with E-state index in [4.69, 9.17) is 5.73 Å². The van der Waals surface area contributed by atoms with E-state index in [9.17, 15) is 9.59 Å². The van der Waals surface area contributed by atoms with Gasteiger partial charge in [0.2, 0.25) is 11.8 Å². The summed E-state index contributed by atoms with van der Waals surface area (Å²) in [5.74, 6) is 0.0241. The number of carbonyl (C=O) groups excluding carboxylic acids is 2. The molecule has 5 heteroatoms. The van der Waals surface area contributed by atoms with Crippen LogP contribution in [0.3, 0.4) is 0 Å². The fourth-order valence-electron chi connectivity index (χ4n) is 2.27. The topological polar surface area (TPSA) is 75.4 Å². The molecule has 0 spiro atoms. The molecule has 2 unspecified atom stereocenters. The van der Waals surface area contributed by atoms with Crippen molar-refractivity contribution in [1.29, 1.82) is 0 Å². The molecule has 0 bridgehead atoms. The average Bonchev–Trinajstić information content (AvgIpc) is 2.36. The molecule has 0 radical (unpaired) electrons. The third-order valence-corrected chi connectivity index (χ3v) is 3.97. The maximum atomic E-state index is 12.2. The second kappa shape index (κ2) is 6.57. The minimum atomic E-state index is -0.334. The number of carbonyl (C=O) groups is 2. The Hall–Kier alpha value is -1.10. The van der Waals surface area contributed by atoms with E-state index in [0.29, 0.717) is 13.1 Å². The Morgan fingerprint density at radius 2 is 1.70 bits per heavy atom. The lowest BCUT2D eigenvalue weighted by Crippen LogP contribution is -2.51. The molecule has 0 saturated carbocycles. The van der Waals surface area contributed by atoms with Gasteiger partial charge < -0.3 is 16.0 Å². The third kappa shape index (κ3) is 4.47. The van der Waals surface area contributed by atoms with Crippen molar-refractivity contribution >= 4 is 11.8 Å². The quantitative estimate of drug-likeness (QED) is 0.815. The van der Waals surface area contributed by atoms with Crippen molar-refractivity contribution in [3.63, 3.8) is 0 Å². The molecule has 20 heavy (non-hydrogen) atoms. The first-order chi connectivity index (χ1) is 9.12. The summed E-state index contributed by atoms with van der Waals surface area (Å²) in [6.45, 7) is 10.9. The molecular weight excluding hydrogens is 254 g/mol. The number of hydrogen-bond donors (Lipinski definition) is 2. The highest BCUT2D eigenvalue weighted by atomic mass is 16.2. The summed E-state index contributed by atoms with van der Waals surface area (Å²) in [5.41, 5.74) is 5.40. The zero-order valence-electron chi connectivity index (χ0n) is 13.4. The Bertz CT molecular complexity index is 353. The smallest absolute Gasteiger partial charge is 0.227 e. The maximum absolute atomic E-state index is 12.2. The molecule has 116 valence electrons. The van der Waals surface area contributed by atoms with Crippen LogP contribution in [0.25, 0.3) is 0 Å². The number of nitrogens with one attached hydrogen (secondary N) is 1. The highest BCUT2D eigenvalue weighted by Crippen LogP contribution is 2.21. The highest BCUT2D eigenvalue weighted by molar-refractivity contribution is 5.82. The Kier molecular flexibility index (Phi) is 5.57. The Morgan fingerprint density at radius 1 is 1.20 bits per heavy atom. The van der Waals surface area contributed by atoms with E-state index < -0.39 is 0 Å². The van der Waals surface area contributed by atoms with Crippen LogP contribution in [0.4, 0.5) is 0 Å². The summed E-state index contributed by atoms with van der Waals surface area (Å²) in [6.07, 6.45) is 1.64. The van der Waals surface area contributed by atoms with E-state index >= 15 is 0 Å². The van der Waals surface area contributed by atoms with Crippen LogP contribution < -0.4 is 11.1 Å². The van der Waals surface area contributed by atoms with Gasteiger partial charge in [-0.1, -0.05) is 27.7 Å². The lowest BCUT2D eigenvalue weighted by molar-refractivity contribution is -0.140. The first kappa shape index (κ1) is 17.0. The highest BCUT2D eigenvalue weighted by Gasteiger charge is 2.31. The number of hydrogen-bond acceptors (Lipinski definition) is 3. The second-order valence-electron chi connectivity index (χ2n) is 6.97. The number of nitrogens with two attached hydrogens (primary N) is 1. The minimum Gasteiger partial charge on any atom is -0.353 e. The van der Waals surface area contributed by atoms with Gasteiger partial charge in [-0.05, 0) is 19.8 Å². The lowest BCUT2D eigenvalue weighted by atomic mass is 9.92. The van der Waals surface area contributed by atoms with Crippen molar-refractivity contribution in [2.24, 2.45) is 17.1 Å². The first-order valence-electron chi connectivity index (χ1n) is 7.48. The van der Waals surface area contributed by atoms with Gasteiger partial charge in [-0.3, -0.25) is 9.59 Å². The Labute approximate surface area is 122 Å². The predicted molar refractivity (Wildman–Crippen MR) is 80.0 cm³/mol. The summed E-state index contributed by atoms with van der Waals surface area (Å²) in [5, 5.41) is 3.04. The summed E-state index contributed by atoms with van der Waals surface area (Å²) in [7, 11) is 0. The van der Waals surface area contributed by atoms with Crippen molar-refractivity contribution in [3.8, 4) is 0 Å². The molecule has 0 aromatic rings. The van der Waals surface area contributed by atoms with Crippen LogP contribution in [0.5, 0.6) is 0 Å². The van der Waals surface area contributed by atoms with Gasteiger partial charge in [0.1, 0.15) is 0 Å². The number of piperidine rings is 1. The van der Waals surface area contributed by atoms with Crippen LogP contribution in [-0.2, 0) is 9.59 Å². The number of likely N-dealkylation sites (tertiary alicyclic amines) is 1. The average molecular weight is 283 g/mol. The molecule has 1 rings (SSSR count). The van der Waals surface area contributed by atoms with Crippen LogP contribution in [0.15, 0.2) is 0 Å². The minimum absolute atomic E-state index is 0.0144. The molecular formula is C15H29N3O2. The fourth-order valence-corrected chi connectivity index (χ4v) is 2.27. The van der Waals surface area contributed by atoms with Gasteiger partial charge >= 0.3 is 0 Å². The largest absolute Gasteiger partial charge is 0.353 e. The van der Waals surface area contributed by atoms with Gasteiger partial charge in [0, 0.05) is 36.5 Å². The summed E-state index contributed by atoms with van der Waals surface area (Å²) >= 11 is 0. The number of amides is 2. The van der Waals surface area contributed by atoms with Crippen LogP contribution in [0, 0.1) is 11.3 Å².